The molecule has 0 spiro atoms. The monoisotopic (exact) mass is 331 g/mol. The fraction of sp³-hybridized carbons (Fsp3) is 0.238. The Bertz CT molecular complexity index is 820. The molecule has 2 aromatic rings. The third-order valence-electron chi connectivity index (χ3n) is 4.43. The molecule has 3 rings (SSSR count). The zero-order valence-electron chi connectivity index (χ0n) is 14.1. The number of carbonyl (C=O) groups excluding carboxylic acids is 1. The van der Waals surface area contributed by atoms with Gasteiger partial charge in [0.05, 0.1) is 11.6 Å². The summed E-state index contributed by atoms with van der Waals surface area (Å²) in [5.41, 5.74) is 4.14. The molecular formula is C21H21N3O. The Kier molecular flexibility index (Phi) is 5.61. The van der Waals surface area contributed by atoms with Crippen molar-refractivity contribution in [3.63, 3.8) is 0 Å². The standard InChI is InChI=1S/C21H21N3O/c22-15-19-7-3-1-5-17(19)9-10-21(25)23-12-14-24-13-11-18-6-2-4-8-20(18)16-24/h1-10H,11-14,16H2,(H,23,25). The van der Waals surface area contributed by atoms with Gasteiger partial charge in [0.25, 0.3) is 0 Å². The van der Waals surface area contributed by atoms with Crippen molar-refractivity contribution in [1.82, 2.24) is 10.2 Å². The van der Waals surface area contributed by atoms with Crippen LogP contribution in [0.25, 0.3) is 6.08 Å². The van der Waals surface area contributed by atoms with E-state index in [1.165, 1.54) is 17.2 Å². The van der Waals surface area contributed by atoms with Crippen LogP contribution in [0.15, 0.2) is 54.6 Å². The van der Waals surface area contributed by atoms with Crippen molar-refractivity contribution in [1.29, 1.82) is 5.26 Å². The summed E-state index contributed by atoms with van der Waals surface area (Å²) >= 11 is 0. The van der Waals surface area contributed by atoms with Gasteiger partial charge in [-0.1, -0.05) is 42.5 Å². The largest absolute Gasteiger partial charge is 0.351 e. The lowest BCUT2D eigenvalue weighted by Crippen LogP contribution is -2.37. The number of hydrogen-bond donors (Lipinski definition) is 1. The van der Waals surface area contributed by atoms with Gasteiger partial charge in [-0.05, 0) is 35.3 Å². The topological polar surface area (TPSA) is 56.1 Å². The lowest BCUT2D eigenvalue weighted by molar-refractivity contribution is -0.116. The Balaban J connectivity index is 1.46. The Morgan fingerprint density at radius 2 is 1.92 bits per heavy atom. The first-order valence-corrected chi connectivity index (χ1v) is 8.50. The van der Waals surface area contributed by atoms with Crippen molar-refractivity contribution in [3.8, 4) is 6.07 Å². The number of nitrogens with one attached hydrogen (secondary N) is 1. The number of nitriles is 1. The molecule has 0 atom stereocenters. The number of hydrogen-bond acceptors (Lipinski definition) is 3. The molecule has 126 valence electrons. The third-order valence-corrected chi connectivity index (χ3v) is 4.43. The van der Waals surface area contributed by atoms with Crippen LogP contribution in [0, 0.1) is 11.3 Å². The van der Waals surface area contributed by atoms with Gasteiger partial charge in [0.15, 0.2) is 0 Å². The second kappa shape index (κ2) is 8.27. The van der Waals surface area contributed by atoms with Crippen LogP contribution < -0.4 is 5.32 Å². The molecule has 1 amide bonds. The molecule has 1 N–H and O–H groups in total. The lowest BCUT2D eigenvalue weighted by atomic mass is 10.00. The van der Waals surface area contributed by atoms with Gasteiger partial charge in [-0.15, -0.1) is 0 Å². The highest BCUT2D eigenvalue weighted by molar-refractivity contribution is 5.92. The van der Waals surface area contributed by atoms with Gasteiger partial charge in [-0.25, -0.2) is 0 Å². The number of fused-ring (bicyclic) bond motifs is 1. The zero-order valence-corrected chi connectivity index (χ0v) is 14.1. The summed E-state index contributed by atoms with van der Waals surface area (Å²) in [6, 6.07) is 17.9. The lowest BCUT2D eigenvalue weighted by Gasteiger charge is -2.28. The average molecular weight is 331 g/mol. The van der Waals surface area contributed by atoms with Crippen LogP contribution in [0.1, 0.15) is 22.3 Å². The number of benzene rings is 2. The molecule has 0 unspecified atom stereocenters. The van der Waals surface area contributed by atoms with Crippen molar-refractivity contribution >= 4 is 12.0 Å². The minimum absolute atomic E-state index is 0.134. The van der Waals surface area contributed by atoms with E-state index in [1.807, 2.05) is 18.2 Å². The highest BCUT2D eigenvalue weighted by Gasteiger charge is 2.14. The van der Waals surface area contributed by atoms with Gasteiger partial charge < -0.3 is 5.32 Å². The van der Waals surface area contributed by atoms with Crippen molar-refractivity contribution in [3.05, 3.63) is 76.9 Å². The Morgan fingerprint density at radius 3 is 2.76 bits per heavy atom. The predicted octanol–water partition coefficient (Wildman–Crippen LogP) is 2.75. The summed E-state index contributed by atoms with van der Waals surface area (Å²) in [6.07, 6.45) is 4.24. The van der Waals surface area contributed by atoms with Crippen molar-refractivity contribution in [2.75, 3.05) is 19.6 Å². The van der Waals surface area contributed by atoms with Gasteiger partial charge in [0.1, 0.15) is 0 Å². The van der Waals surface area contributed by atoms with E-state index in [0.717, 1.165) is 31.6 Å². The Hall–Kier alpha value is -2.90. The van der Waals surface area contributed by atoms with E-state index in [1.54, 1.807) is 12.1 Å². The highest BCUT2D eigenvalue weighted by Crippen LogP contribution is 2.17. The van der Waals surface area contributed by atoms with Crippen LogP contribution in [-0.4, -0.2) is 30.4 Å². The van der Waals surface area contributed by atoms with E-state index >= 15 is 0 Å². The maximum atomic E-state index is 12.0. The van der Waals surface area contributed by atoms with Crippen LogP contribution >= 0.6 is 0 Å². The number of rotatable bonds is 5. The first kappa shape index (κ1) is 16.9. The highest BCUT2D eigenvalue weighted by atomic mass is 16.1. The fourth-order valence-electron chi connectivity index (χ4n) is 3.05. The van der Waals surface area contributed by atoms with Gasteiger partial charge in [0.2, 0.25) is 5.91 Å². The van der Waals surface area contributed by atoms with Crippen LogP contribution in [0.2, 0.25) is 0 Å². The van der Waals surface area contributed by atoms with Crippen molar-refractivity contribution in [2.24, 2.45) is 0 Å². The van der Waals surface area contributed by atoms with E-state index in [9.17, 15) is 4.79 Å². The Labute approximate surface area is 148 Å². The molecule has 4 nitrogen and oxygen atoms in total. The van der Waals surface area contributed by atoms with E-state index in [2.05, 4.69) is 40.6 Å². The second-order valence-corrected chi connectivity index (χ2v) is 6.12. The van der Waals surface area contributed by atoms with E-state index in [-0.39, 0.29) is 5.91 Å². The first-order chi connectivity index (χ1) is 12.3. The molecule has 1 heterocycles. The van der Waals surface area contributed by atoms with Crippen LogP contribution in [0.5, 0.6) is 0 Å². The SMILES string of the molecule is N#Cc1ccccc1C=CC(=O)NCCN1CCc2ccccc2C1. The second-order valence-electron chi connectivity index (χ2n) is 6.12. The zero-order chi connectivity index (χ0) is 17.5. The summed E-state index contributed by atoms with van der Waals surface area (Å²) in [7, 11) is 0. The Morgan fingerprint density at radius 1 is 1.16 bits per heavy atom. The molecule has 25 heavy (non-hydrogen) atoms. The molecule has 0 fully saturated rings. The molecule has 0 aromatic heterocycles. The predicted molar refractivity (Wildman–Crippen MR) is 98.6 cm³/mol. The molecule has 1 aliphatic heterocycles. The third kappa shape index (κ3) is 4.56. The van der Waals surface area contributed by atoms with Crippen LogP contribution in [0.4, 0.5) is 0 Å². The summed E-state index contributed by atoms with van der Waals surface area (Å²) in [6.45, 7) is 3.42. The molecule has 4 heteroatoms. The van der Waals surface area contributed by atoms with E-state index < -0.39 is 0 Å². The minimum atomic E-state index is -0.134. The normalized spacial score (nSPS) is 14.0. The maximum Gasteiger partial charge on any atom is 0.244 e. The average Bonchev–Trinajstić information content (AvgIpc) is 2.66. The van der Waals surface area contributed by atoms with E-state index in [0.29, 0.717) is 12.1 Å². The number of carbonyl (C=O) groups is 1. The fourth-order valence-corrected chi connectivity index (χ4v) is 3.05. The van der Waals surface area contributed by atoms with Crippen molar-refractivity contribution in [2.45, 2.75) is 13.0 Å². The van der Waals surface area contributed by atoms with Gasteiger partial charge >= 0.3 is 0 Å². The maximum absolute atomic E-state index is 12.0. The summed E-state index contributed by atoms with van der Waals surface area (Å²) in [4.78, 5) is 14.3. The molecule has 0 saturated carbocycles. The van der Waals surface area contributed by atoms with Gasteiger partial charge in [-0.2, -0.15) is 5.26 Å². The smallest absolute Gasteiger partial charge is 0.244 e. The molecule has 0 radical (unpaired) electrons. The quantitative estimate of drug-likeness (QED) is 0.857. The van der Waals surface area contributed by atoms with Gasteiger partial charge in [-0.3, -0.25) is 9.69 Å². The molecule has 0 saturated heterocycles. The van der Waals surface area contributed by atoms with Gasteiger partial charge in [0, 0.05) is 32.3 Å². The van der Waals surface area contributed by atoms with Crippen molar-refractivity contribution < 1.29 is 4.79 Å². The number of nitrogens with zero attached hydrogens (tertiary/aromatic N) is 2. The van der Waals surface area contributed by atoms with Crippen LogP contribution in [-0.2, 0) is 17.8 Å². The molecule has 1 aliphatic rings. The summed E-state index contributed by atoms with van der Waals surface area (Å²) in [5, 5.41) is 12.0. The minimum Gasteiger partial charge on any atom is -0.351 e. The number of amides is 1. The molecular weight excluding hydrogens is 310 g/mol. The molecule has 0 bridgehead atoms. The van der Waals surface area contributed by atoms with E-state index in [4.69, 9.17) is 5.26 Å². The molecule has 0 aliphatic carbocycles. The van der Waals surface area contributed by atoms with Crippen LogP contribution in [0.3, 0.4) is 0 Å². The summed E-state index contributed by atoms with van der Waals surface area (Å²) < 4.78 is 0. The molecule has 2 aromatic carbocycles. The summed E-state index contributed by atoms with van der Waals surface area (Å²) in [5.74, 6) is -0.134. The first-order valence-electron chi connectivity index (χ1n) is 8.50.